The minimum absolute atomic E-state index is 0.0790. The number of aliphatic imine (C=N–C) groups is 1. The van der Waals surface area contributed by atoms with Crippen LogP contribution in [0.5, 0.6) is 0 Å². The number of guanidine groups is 1. The summed E-state index contributed by atoms with van der Waals surface area (Å²) in [6.07, 6.45) is 4.79. The average Bonchev–Trinajstić information content (AvgIpc) is 2.72. The van der Waals surface area contributed by atoms with E-state index < -0.39 is 0 Å². The van der Waals surface area contributed by atoms with Crippen molar-refractivity contribution in [3.63, 3.8) is 0 Å². The summed E-state index contributed by atoms with van der Waals surface area (Å²) < 4.78 is 0. The number of likely N-dealkylation sites (tertiary alicyclic amines) is 1. The highest BCUT2D eigenvalue weighted by molar-refractivity contribution is 5.80. The van der Waals surface area contributed by atoms with Gasteiger partial charge in [-0.25, -0.2) is 0 Å². The first-order valence-electron chi connectivity index (χ1n) is 11.0. The zero-order valence-corrected chi connectivity index (χ0v) is 18.3. The highest BCUT2D eigenvalue weighted by atomic mass is 15.3. The molecule has 156 valence electrons. The predicted octanol–water partition coefficient (Wildman–Crippen LogP) is 2.86. The Hall–Kier alpha value is -1.59. The maximum atomic E-state index is 4.48. The zero-order chi connectivity index (χ0) is 20.0. The summed E-state index contributed by atoms with van der Waals surface area (Å²) in [4.78, 5) is 9.66. The first kappa shape index (κ1) is 21.1. The van der Waals surface area contributed by atoms with Crippen LogP contribution in [0.15, 0.2) is 29.3 Å². The molecule has 1 aromatic rings. The van der Waals surface area contributed by atoms with E-state index in [-0.39, 0.29) is 5.54 Å². The van der Waals surface area contributed by atoms with Crippen LogP contribution in [0.25, 0.3) is 0 Å². The highest BCUT2D eigenvalue weighted by Gasteiger charge is 2.30. The van der Waals surface area contributed by atoms with E-state index in [0.29, 0.717) is 6.04 Å². The Balaban J connectivity index is 1.48. The zero-order valence-electron chi connectivity index (χ0n) is 18.3. The van der Waals surface area contributed by atoms with E-state index in [4.69, 9.17) is 0 Å². The molecule has 0 atom stereocenters. The van der Waals surface area contributed by atoms with E-state index in [1.807, 2.05) is 7.05 Å². The molecule has 28 heavy (non-hydrogen) atoms. The average molecular weight is 386 g/mol. The van der Waals surface area contributed by atoms with Crippen molar-refractivity contribution in [2.24, 2.45) is 4.99 Å². The van der Waals surface area contributed by atoms with E-state index in [1.54, 1.807) is 0 Å². The van der Waals surface area contributed by atoms with E-state index in [0.717, 1.165) is 32.0 Å². The SMILES string of the molecule is CCCN1CCC(NC(=NC)NCC(C)(C)N2CCc3ccccc3C2)CC1. The normalized spacial score (nSPS) is 20.1. The van der Waals surface area contributed by atoms with Crippen molar-refractivity contribution in [1.29, 1.82) is 0 Å². The van der Waals surface area contributed by atoms with Crippen molar-refractivity contribution in [2.75, 3.05) is 39.8 Å². The summed E-state index contributed by atoms with van der Waals surface area (Å²) in [6.45, 7) is 13.6. The van der Waals surface area contributed by atoms with Crippen molar-refractivity contribution in [1.82, 2.24) is 20.4 Å². The Kier molecular flexibility index (Phi) is 7.36. The Labute approximate surface area is 171 Å². The molecule has 0 radical (unpaired) electrons. The molecule has 2 heterocycles. The molecule has 5 heteroatoms. The molecule has 0 amide bonds. The highest BCUT2D eigenvalue weighted by Crippen LogP contribution is 2.24. The van der Waals surface area contributed by atoms with Gasteiger partial charge < -0.3 is 15.5 Å². The third-order valence-electron chi connectivity index (χ3n) is 6.37. The van der Waals surface area contributed by atoms with Gasteiger partial charge >= 0.3 is 0 Å². The Morgan fingerprint density at radius 1 is 1.14 bits per heavy atom. The lowest BCUT2D eigenvalue weighted by Gasteiger charge is -2.42. The second-order valence-electron chi connectivity index (χ2n) is 8.94. The third kappa shape index (κ3) is 5.48. The summed E-state index contributed by atoms with van der Waals surface area (Å²) in [7, 11) is 1.88. The second-order valence-corrected chi connectivity index (χ2v) is 8.94. The first-order chi connectivity index (χ1) is 13.5. The standard InChI is InChI=1S/C23H39N5/c1-5-13-27-14-11-21(12-15-27)26-22(24-4)25-18-23(2,3)28-16-10-19-8-6-7-9-20(19)17-28/h6-9,21H,5,10-18H2,1-4H3,(H2,24,25,26). The van der Waals surface area contributed by atoms with Crippen LogP contribution in [0.4, 0.5) is 0 Å². The van der Waals surface area contributed by atoms with Crippen LogP contribution >= 0.6 is 0 Å². The molecule has 2 N–H and O–H groups in total. The molecule has 2 aliphatic rings. The summed E-state index contributed by atoms with van der Waals surface area (Å²) >= 11 is 0. The number of rotatable bonds is 6. The fraction of sp³-hybridized carbons (Fsp3) is 0.696. The van der Waals surface area contributed by atoms with Crippen LogP contribution in [0.1, 0.15) is 51.2 Å². The molecule has 0 unspecified atom stereocenters. The summed E-state index contributed by atoms with van der Waals surface area (Å²) in [6, 6.07) is 9.39. The van der Waals surface area contributed by atoms with Crippen molar-refractivity contribution in [2.45, 2.75) is 64.6 Å². The number of piperidine rings is 1. The maximum Gasteiger partial charge on any atom is 0.191 e. The molecule has 3 rings (SSSR count). The van der Waals surface area contributed by atoms with Gasteiger partial charge in [0.2, 0.25) is 0 Å². The topological polar surface area (TPSA) is 42.9 Å². The molecule has 0 bridgehead atoms. The van der Waals surface area contributed by atoms with Gasteiger partial charge in [0.25, 0.3) is 0 Å². The Morgan fingerprint density at radius 2 is 1.86 bits per heavy atom. The van der Waals surface area contributed by atoms with Crippen LogP contribution in [0.3, 0.4) is 0 Å². The largest absolute Gasteiger partial charge is 0.355 e. The fourth-order valence-corrected chi connectivity index (χ4v) is 4.43. The molecule has 0 aromatic heterocycles. The summed E-state index contributed by atoms with van der Waals surface area (Å²) in [5.74, 6) is 0.944. The number of benzene rings is 1. The van der Waals surface area contributed by atoms with E-state index in [9.17, 15) is 0 Å². The van der Waals surface area contributed by atoms with Gasteiger partial charge in [-0.3, -0.25) is 9.89 Å². The number of fused-ring (bicyclic) bond motifs is 1. The van der Waals surface area contributed by atoms with E-state index in [1.165, 1.54) is 50.0 Å². The van der Waals surface area contributed by atoms with Gasteiger partial charge in [0.1, 0.15) is 0 Å². The van der Waals surface area contributed by atoms with Crippen molar-refractivity contribution < 1.29 is 0 Å². The number of hydrogen-bond acceptors (Lipinski definition) is 3. The Bertz CT molecular complexity index is 646. The predicted molar refractivity (Wildman–Crippen MR) is 119 cm³/mol. The van der Waals surface area contributed by atoms with Gasteiger partial charge in [-0.15, -0.1) is 0 Å². The quantitative estimate of drug-likeness (QED) is 0.584. The molecule has 0 spiro atoms. The van der Waals surface area contributed by atoms with E-state index in [2.05, 4.69) is 70.5 Å². The number of nitrogens with one attached hydrogen (secondary N) is 2. The van der Waals surface area contributed by atoms with Crippen LogP contribution in [0, 0.1) is 0 Å². The number of hydrogen-bond donors (Lipinski definition) is 2. The fourth-order valence-electron chi connectivity index (χ4n) is 4.43. The van der Waals surface area contributed by atoms with Gasteiger partial charge in [-0.2, -0.15) is 0 Å². The lowest BCUT2D eigenvalue weighted by molar-refractivity contribution is 0.107. The van der Waals surface area contributed by atoms with Crippen LogP contribution in [0.2, 0.25) is 0 Å². The van der Waals surface area contributed by atoms with Crippen molar-refractivity contribution >= 4 is 5.96 Å². The summed E-state index contributed by atoms with van der Waals surface area (Å²) in [5, 5.41) is 7.25. The molecule has 2 aliphatic heterocycles. The van der Waals surface area contributed by atoms with Gasteiger partial charge in [-0.05, 0) is 57.2 Å². The summed E-state index contributed by atoms with van der Waals surface area (Å²) in [5.41, 5.74) is 3.06. The minimum atomic E-state index is 0.0790. The molecule has 5 nitrogen and oxygen atoms in total. The van der Waals surface area contributed by atoms with Crippen LogP contribution in [-0.2, 0) is 13.0 Å². The smallest absolute Gasteiger partial charge is 0.191 e. The lowest BCUT2D eigenvalue weighted by atomic mass is 9.94. The van der Waals surface area contributed by atoms with Crippen LogP contribution in [-0.4, -0.2) is 67.1 Å². The molecule has 1 aromatic carbocycles. The monoisotopic (exact) mass is 385 g/mol. The number of nitrogens with zero attached hydrogens (tertiary/aromatic N) is 3. The van der Waals surface area contributed by atoms with Crippen LogP contribution < -0.4 is 10.6 Å². The van der Waals surface area contributed by atoms with Gasteiger partial charge in [0.15, 0.2) is 5.96 Å². The third-order valence-corrected chi connectivity index (χ3v) is 6.37. The minimum Gasteiger partial charge on any atom is -0.355 e. The molecular formula is C23H39N5. The van der Waals surface area contributed by atoms with Gasteiger partial charge in [0, 0.05) is 51.4 Å². The lowest BCUT2D eigenvalue weighted by Crippen LogP contribution is -2.56. The molecular weight excluding hydrogens is 346 g/mol. The van der Waals surface area contributed by atoms with E-state index >= 15 is 0 Å². The first-order valence-corrected chi connectivity index (χ1v) is 11.0. The maximum absolute atomic E-state index is 4.48. The molecule has 0 saturated carbocycles. The van der Waals surface area contributed by atoms with Gasteiger partial charge in [0.05, 0.1) is 0 Å². The van der Waals surface area contributed by atoms with Crippen molar-refractivity contribution in [3.05, 3.63) is 35.4 Å². The van der Waals surface area contributed by atoms with Gasteiger partial charge in [-0.1, -0.05) is 31.2 Å². The Morgan fingerprint density at radius 3 is 2.54 bits per heavy atom. The second kappa shape index (κ2) is 9.75. The molecule has 0 aliphatic carbocycles. The van der Waals surface area contributed by atoms with Crippen molar-refractivity contribution in [3.8, 4) is 0 Å². The molecule has 1 saturated heterocycles. The molecule has 1 fully saturated rings.